The minimum atomic E-state index is -0.992. The normalized spacial score (nSPS) is 12.9. The van der Waals surface area contributed by atoms with Crippen molar-refractivity contribution < 1.29 is 9.90 Å². The number of aryl methyl sites for hydroxylation is 1. The zero-order chi connectivity index (χ0) is 12.6. The highest BCUT2D eigenvalue weighted by Crippen LogP contribution is 2.23. The molecule has 0 spiro atoms. The molecule has 0 radical (unpaired) electrons. The number of halogens is 1. The monoisotopic (exact) mass is 252 g/mol. The van der Waals surface area contributed by atoms with Gasteiger partial charge < -0.3 is 15.4 Å². The van der Waals surface area contributed by atoms with Crippen LogP contribution in [-0.2, 0) is 18.3 Å². The lowest BCUT2D eigenvalue weighted by atomic mass is 10.1. The van der Waals surface area contributed by atoms with Crippen molar-refractivity contribution in [3.63, 3.8) is 0 Å². The van der Waals surface area contributed by atoms with Crippen LogP contribution in [0.1, 0.15) is 5.69 Å². The molecule has 0 aliphatic carbocycles. The lowest BCUT2D eigenvalue weighted by Crippen LogP contribution is -2.32. The molecule has 1 aromatic carbocycles. The smallest absolute Gasteiger partial charge is 0.320 e. The van der Waals surface area contributed by atoms with Crippen LogP contribution in [0.2, 0.25) is 5.02 Å². The molecule has 0 amide bonds. The summed E-state index contributed by atoms with van der Waals surface area (Å²) in [4.78, 5) is 10.7. The number of aliphatic carboxylic acids is 1. The van der Waals surface area contributed by atoms with E-state index in [-0.39, 0.29) is 0 Å². The molecule has 1 heterocycles. The molecule has 5 heteroatoms. The van der Waals surface area contributed by atoms with Crippen LogP contribution in [0.25, 0.3) is 10.9 Å². The van der Waals surface area contributed by atoms with Gasteiger partial charge in [0.2, 0.25) is 0 Å². The maximum absolute atomic E-state index is 10.7. The van der Waals surface area contributed by atoms with Crippen LogP contribution >= 0.6 is 11.6 Å². The Labute approximate surface area is 104 Å². The van der Waals surface area contributed by atoms with E-state index in [2.05, 4.69) is 0 Å². The number of nitrogens with zero attached hydrogens (tertiary/aromatic N) is 1. The summed E-state index contributed by atoms with van der Waals surface area (Å²) in [5.74, 6) is -0.992. The molecule has 17 heavy (non-hydrogen) atoms. The van der Waals surface area contributed by atoms with Crippen LogP contribution < -0.4 is 5.73 Å². The molecule has 0 fully saturated rings. The van der Waals surface area contributed by atoms with Gasteiger partial charge in [-0.15, -0.1) is 0 Å². The van der Waals surface area contributed by atoms with Crippen molar-refractivity contribution in [2.45, 2.75) is 12.5 Å². The second-order valence-corrected chi connectivity index (χ2v) is 4.48. The van der Waals surface area contributed by atoms with Crippen LogP contribution in [0, 0.1) is 0 Å². The third-order valence-corrected chi connectivity index (χ3v) is 3.09. The first-order valence-electron chi connectivity index (χ1n) is 5.21. The molecule has 0 aliphatic heterocycles. The van der Waals surface area contributed by atoms with E-state index in [0.29, 0.717) is 11.4 Å². The summed E-state index contributed by atoms with van der Waals surface area (Å²) in [5, 5.41) is 10.5. The van der Waals surface area contributed by atoms with Gasteiger partial charge in [-0.2, -0.15) is 0 Å². The predicted octanol–water partition coefficient (Wildman–Crippen LogP) is 1.79. The Balaban J connectivity index is 2.42. The van der Waals surface area contributed by atoms with E-state index in [1.54, 1.807) is 0 Å². The number of carbonyl (C=O) groups is 1. The fourth-order valence-electron chi connectivity index (χ4n) is 1.89. The first kappa shape index (κ1) is 12.0. The minimum absolute atomic E-state index is 0.304. The average Bonchev–Trinajstić information content (AvgIpc) is 2.55. The SMILES string of the molecule is Cn1c(CC(N)C(=O)O)cc2cc(Cl)ccc21. The fraction of sp³-hybridized carbons (Fsp3) is 0.250. The van der Waals surface area contributed by atoms with E-state index in [1.165, 1.54) is 0 Å². The summed E-state index contributed by atoms with van der Waals surface area (Å²) in [7, 11) is 1.89. The van der Waals surface area contributed by atoms with Crippen molar-refractivity contribution >= 4 is 28.5 Å². The molecular weight excluding hydrogens is 240 g/mol. The predicted molar refractivity (Wildman–Crippen MR) is 67.2 cm³/mol. The third-order valence-electron chi connectivity index (χ3n) is 2.85. The Morgan fingerprint density at radius 2 is 2.24 bits per heavy atom. The van der Waals surface area contributed by atoms with Gasteiger partial charge in [0.25, 0.3) is 0 Å². The number of carboxylic acids is 1. The van der Waals surface area contributed by atoms with Crippen molar-refractivity contribution in [1.29, 1.82) is 0 Å². The summed E-state index contributed by atoms with van der Waals surface area (Å²) < 4.78 is 1.94. The molecule has 3 N–H and O–H groups in total. The average molecular weight is 253 g/mol. The van der Waals surface area contributed by atoms with Gasteiger partial charge in [-0.05, 0) is 24.3 Å². The van der Waals surface area contributed by atoms with Crippen molar-refractivity contribution in [2.24, 2.45) is 12.8 Å². The van der Waals surface area contributed by atoms with E-state index >= 15 is 0 Å². The first-order chi connectivity index (χ1) is 7.99. The number of hydrogen-bond donors (Lipinski definition) is 2. The Bertz CT molecular complexity index is 577. The summed E-state index contributed by atoms with van der Waals surface area (Å²) >= 11 is 5.91. The Morgan fingerprint density at radius 3 is 2.88 bits per heavy atom. The minimum Gasteiger partial charge on any atom is -0.480 e. The Kier molecular flexibility index (Phi) is 3.09. The molecule has 1 aromatic heterocycles. The highest BCUT2D eigenvalue weighted by molar-refractivity contribution is 6.31. The topological polar surface area (TPSA) is 68.2 Å². The summed E-state index contributed by atoms with van der Waals surface area (Å²) in [6, 6.07) is 6.61. The van der Waals surface area contributed by atoms with Crippen molar-refractivity contribution in [3.8, 4) is 0 Å². The second kappa shape index (κ2) is 4.39. The molecule has 2 aromatic rings. The molecule has 90 valence electrons. The number of rotatable bonds is 3. The summed E-state index contributed by atoms with van der Waals surface area (Å²) in [6.45, 7) is 0. The lowest BCUT2D eigenvalue weighted by molar-refractivity contribution is -0.138. The van der Waals surface area contributed by atoms with E-state index in [9.17, 15) is 4.79 Å². The maximum Gasteiger partial charge on any atom is 0.320 e. The van der Waals surface area contributed by atoms with Gasteiger partial charge in [0.05, 0.1) is 0 Å². The van der Waals surface area contributed by atoms with Crippen molar-refractivity contribution in [1.82, 2.24) is 4.57 Å². The van der Waals surface area contributed by atoms with Gasteiger partial charge in [-0.25, -0.2) is 0 Å². The summed E-state index contributed by atoms with van der Waals surface area (Å²) in [6.07, 6.45) is 0.304. The molecule has 4 nitrogen and oxygen atoms in total. The van der Waals surface area contributed by atoms with Crippen LogP contribution in [0.3, 0.4) is 0 Å². The standard InChI is InChI=1S/C12H13ClN2O2/c1-15-9(6-10(14)12(16)17)5-7-4-8(13)2-3-11(7)15/h2-5,10H,6,14H2,1H3,(H,16,17). The Hall–Kier alpha value is -1.52. The van der Waals surface area contributed by atoms with E-state index < -0.39 is 12.0 Å². The van der Waals surface area contributed by atoms with Crippen molar-refractivity contribution in [3.05, 3.63) is 35.0 Å². The van der Waals surface area contributed by atoms with Crippen LogP contribution in [0.4, 0.5) is 0 Å². The highest BCUT2D eigenvalue weighted by atomic mass is 35.5. The molecule has 0 bridgehead atoms. The van der Waals surface area contributed by atoms with Crippen LogP contribution in [0.15, 0.2) is 24.3 Å². The zero-order valence-corrected chi connectivity index (χ0v) is 10.1. The zero-order valence-electron chi connectivity index (χ0n) is 9.35. The summed E-state index contributed by atoms with van der Waals surface area (Å²) in [5.41, 5.74) is 7.43. The number of aromatic nitrogens is 1. The number of carboxylic acid groups (broad SMARTS) is 1. The molecular formula is C12H13ClN2O2. The fourth-order valence-corrected chi connectivity index (χ4v) is 2.07. The molecule has 1 unspecified atom stereocenters. The van der Waals surface area contributed by atoms with Gasteiger partial charge in [-0.3, -0.25) is 4.79 Å². The quantitative estimate of drug-likeness (QED) is 0.875. The second-order valence-electron chi connectivity index (χ2n) is 4.05. The molecule has 0 aliphatic rings. The van der Waals surface area contributed by atoms with Crippen LogP contribution in [-0.4, -0.2) is 21.7 Å². The Morgan fingerprint density at radius 1 is 1.53 bits per heavy atom. The molecule has 0 saturated heterocycles. The number of fused-ring (bicyclic) bond motifs is 1. The third kappa shape index (κ3) is 2.28. The van der Waals surface area contributed by atoms with Gasteiger partial charge in [-0.1, -0.05) is 11.6 Å². The van der Waals surface area contributed by atoms with Gasteiger partial charge in [0.15, 0.2) is 0 Å². The van der Waals surface area contributed by atoms with E-state index in [1.807, 2.05) is 35.9 Å². The number of hydrogen-bond acceptors (Lipinski definition) is 2. The molecule has 2 rings (SSSR count). The largest absolute Gasteiger partial charge is 0.480 e. The van der Waals surface area contributed by atoms with Gasteiger partial charge >= 0.3 is 5.97 Å². The van der Waals surface area contributed by atoms with Crippen molar-refractivity contribution in [2.75, 3.05) is 0 Å². The van der Waals surface area contributed by atoms with Gasteiger partial charge in [0.1, 0.15) is 6.04 Å². The molecule has 1 atom stereocenters. The van der Waals surface area contributed by atoms with Gasteiger partial charge in [0, 0.05) is 35.1 Å². The number of nitrogens with two attached hydrogens (primary N) is 1. The lowest BCUT2D eigenvalue weighted by Gasteiger charge is -2.07. The van der Waals surface area contributed by atoms with E-state index in [4.69, 9.17) is 22.4 Å². The van der Waals surface area contributed by atoms with E-state index in [0.717, 1.165) is 16.6 Å². The maximum atomic E-state index is 10.7. The first-order valence-corrected chi connectivity index (χ1v) is 5.59. The number of benzene rings is 1. The van der Waals surface area contributed by atoms with Crippen LogP contribution in [0.5, 0.6) is 0 Å². The molecule has 0 saturated carbocycles. The highest BCUT2D eigenvalue weighted by Gasteiger charge is 2.15.